The molecule has 0 aromatic rings. The zero-order valence-corrected chi connectivity index (χ0v) is 14.2. The molecule has 4 rings (SSSR count). The topological polar surface area (TPSA) is 24.1 Å². The minimum absolute atomic E-state index is 0.237. The summed E-state index contributed by atoms with van der Waals surface area (Å²) in [5, 5.41) is 7.60. The van der Waals surface area contributed by atoms with Gasteiger partial charge in [-0.3, -0.25) is 0 Å². The molecule has 2 nitrogen and oxygen atoms in total. The number of nitrogens with one attached hydrogen (secondary N) is 2. The Balaban J connectivity index is 1.61. The molecule has 0 spiro atoms. The van der Waals surface area contributed by atoms with Crippen LogP contribution in [0.1, 0.15) is 73.1 Å². The van der Waals surface area contributed by atoms with Gasteiger partial charge in [-0.05, 0) is 76.0 Å². The molecule has 2 N–H and O–H groups in total. The first-order chi connectivity index (χ1) is 9.11. The van der Waals surface area contributed by atoms with E-state index in [1.165, 1.54) is 38.5 Å². The molecule has 4 saturated carbocycles. The molecule has 0 heterocycles. The second-order valence-corrected chi connectivity index (χ2v) is 10.0. The van der Waals surface area contributed by atoms with Gasteiger partial charge >= 0.3 is 0 Å². The normalized spacial score (nSPS) is 47.0. The van der Waals surface area contributed by atoms with Crippen molar-refractivity contribution in [3.05, 3.63) is 0 Å². The smallest absolute Gasteiger partial charge is 0.0195 e. The van der Waals surface area contributed by atoms with Crippen molar-refractivity contribution in [3.8, 4) is 0 Å². The van der Waals surface area contributed by atoms with Crippen LogP contribution in [0, 0.1) is 16.7 Å². The molecule has 0 aliphatic heterocycles. The molecule has 2 unspecified atom stereocenters. The summed E-state index contributed by atoms with van der Waals surface area (Å²) in [7, 11) is 0. The quantitative estimate of drug-likeness (QED) is 0.766. The van der Waals surface area contributed by atoms with E-state index in [2.05, 4.69) is 45.3 Å². The van der Waals surface area contributed by atoms with Crippen molar-refractivity contribution in [2.45, 2.75) is 84.2 Å². The predicted octanol–water partition coefficient (Wildman–Crippen LogP) is 3.71. The van der Waals surface area contributed by atoms with Gasteiger partial charge in [0.1, 0.15) is 0 Å². The van der Waals surface area contributed by atoms with Crippen LogP contribution in [0.25, 0.3) is 0 Å². The average molecular weight is 278 g/mol. The standard InChI is InChI=1S/C18H34N2/c1-15(2,3)19-6-7-20-18-10-14-8-16(4,12-18)11-17(5,9-14)13-18/h14,19-20H,6-13H2,1-5H3. The third kappa shape index (κ3) is 2.92. The van der Waals surface area contributed by atoms with Gasteiger partial charge in [-0.2, -0.15) is 0 Å². The highest BCUT2D eigenvalue weighted by molar-refractivity contribution is 5.14. The number of hydrogen-bond donors (Lipinski definition) is 2. The van der Waals surface area contributed by atoms with Crippen LogP contribution in [0.4, 0.5) is 0 Å². The van der Waals surface area contributed by atoms with Crippen LogP contribution in [0.15, 0.2) is 0 Å². The molecule has 20 heavy (non-hydrogen) atoms. The van der Waals surface area contributed by atoms with E-state index in [9.17, 15) is 0 Å². The second-order valence-electron chi connectivity index (χ2n) is 10.0. The van der Waals surface area contributed by atoms with Crippen molar-refractivity contribution in [1.29, 1.82) is 0 Å². The fourth-order valence-corrected chi connectivity index (χ4v) is 6.41. The van der Waals surface area contributed by atoms with Crippen LogP contribution < -0.4 is 10.6 Å². The van der Waals surface area contributed by atoms with Crippen molar-refractivity contribution >= 4 is 0 Å². The second kappa shape index (κ2) is 4.46. The maximum atomic E-state index is 3.99. The monoisotopic (exact) mass is 278 g/mol. The zero-order valence-electron chi connectivity index (χ0n) is 14.2. The third-order valence-corrected chi connectivity index (χ3v) is 5.91. The average Bonchev–Trinajstić information content (AvgIpc) is 2.17. The van der Waals surface area contributed by atoms with Crippen molar-refractivity contribution in [3.63, 3.8) is 0 Å². The number of rotatable bonds is 4. The zero-order chi connectivity index (χ0) is 14.6. The first-order valence-corrected chi connectivity index (χ1v) is 8.61. The Bertz CT molecular complexity index is 363. The van der Waals surface area contributed by atoms with Gasteiger partial charge in [-0.1, -0.05) is 13.8 Å². The lowest BCUT2D eigenvalue weighted by atomic mass is 9.43. The molecule has 116 valence electrons. The van der Waals surface area contributed by atoms with Crippen LogP contribution in [0.3, 0.4) is 0 Å². The molecule has 0 saturated heterocycles. The Kier molecular flexibility index (Phi) is 3.31. The predicted molar refractivity (Wildman–Crippen MR) is 85.9 cm³/mol. The summed E-state index contributed by atoms with van der Waals surface area (Å²) in [6.07, 6.45) is 8.73. The summed E-state index contributed by atoms with van der Waals surface area (Å²) in [5.74, 6) is 0.990. The van der Waals surface area contributed by atoms with Gasteiger partial charge in [0.25, 0.3) is 0 Å². The van der Waals surface area contributed by atoms with Crippen LogP contribution in [-0.2, 0) is 0 Å². The SMILES string of the molecule is CC12CC3CC(C)(C1)CC(NCCNC(C)(C)C)(C3)C2. The first-order valence-electron chi connectivity index (χ1n) is 8.61. The maximum absolute atomic E-state index is 3.99. The number of hydrogen-bond acceptors (Lipinski definition) is 2. The van der Waals surface area contributed by atoms with E-state index < -0.39 is 0 Å². The fraction of sp³-hybridized carbons (Fsp3) is 1.00. The Morgan fingerprint density at radius 2 is 1.50 bits per heavy atom. The summed E-state index contributed by atoms with van der Waals surface area (Å²) < 4.78 is 0. The Morgan fingerprint density at radius 1 is 0.900 bits per heavy atom. The fourth-order valence-electron chi connectivity index (χ4n) is 6.41. The Hall–Kier alpha value is -0.0800. The van der Waals surface area contributed by atoms with Gasteiger partial charge in [0.2, 0.25) is 0 Å². The summed E-state index contributed by atoms with van der Waals surface area (Å²) in [6, 6.07) is 0. The molecule has 0 aromatic carbocycles. The summed E-state index contributed by atoms with van der Waals surface area (Å²) in [4.78, 5) is 0. The van der Waals surface area contributed by atoms with Crippen LogP contribution >= 0.6 is 0 Å². The highest BCUT2D eigenvalue weighted by Gasteiger charge is 2.59. The molecule has 4 fully saturated rings. The Labute approximate surface area is 125 Å². The molecular weight excluding hydrogens is 244 g/mol. The lowest BCUT2D eigenvalue weighted by molar-refractivity contribution is -0.117. The van der Waals surface area contributed by atoms with Gasteiger partial charge in [0, 0.05) is 24.2 Å². The van der Waals surface area contributed by atoms with Gasteiger partial charge < -0.3 is 10.6 Å². The highest BCUT2D eigenvalue weighted by atomic mass is 15.0. The molecule has 4 bridgehead atoms. The van der Waals surface area contributed by atoms with E-state index in [0.29, 0.717) is 16.4 Å². The van der Waals surface area contributed by atoms with E-state index in [-0.39, 0.29) is 5.54 Å². The van der Waals surface area contributed by atoms with Crippen molar-refractivity contribution in [2.75, 3.05) is 13.1 Å². The van der Waals surface area contributed by atoms with Crippen LogP contribution in [0.5, 0.6) is 0 Å². The third-order valence-electron chi connectivity index (χ3n) is 5.91. The van der Waals surface area contributed by atoms with Crippen LogP contribution in [0.2, 0.25) is 0 Å². The molecule has 0 amide bonds. The maximum Gasteiger partial charge on any atom is 0.0195 e. The minimum atomic E-state index is 0.237. The minimum Gasteiger partial charge on any atom is -0.311 e. The molecule has 2 heteroatoms. The van der Waals surface area contributed by atoms with Gasteiger partial charge in [-0.25, -0.2) is 0 Å². The van der Waals surface area contributed by atoms with Gasteiger partial charge in [0.05, 0.1) is 0 Å². The summed E-state index contributed by atoms with van der Waals surface area (Å²) in [6.45, 7) is 14.1. The van der Waals surface area contributed by atoms with E-state index in [4.69, 9.17) is 0 Å². The van der Waals surface area contributed by atoms with Crippen molar-refractivity contribution < 1.29 is 0 Å². The summed E-state index contributed by atoms with van der Waals surface area (Å²) >= 11 is 0. The molecule has 0 radical (unpaired) electrons. The molecule has 2 atom stereocenters. The van der Waals surface area contributed by atoms with E-state index in [1.54, 1.807) is 0 Å². The van der Waals surface area contributed by atoms with Gasteiger partial charge in [0.15, 0.2) is 0 Å². The first kappa shape index (κ1) is 14.8. The molecule has 4 aliphatic rings. The molecular formula is C18H34N2. The van der Waals surface area contributed by atoms with E-state index in [0.717, 1.165) is 19.0 Å². The van der Waals surface area contributed by atoms with Crippen molar-refractivity contribution in [1.82, 2.24) is 10.6 Å². The lowest BCUT2D eigenvalue weighted by Crippen LogP contribution is -2.64. The highest BCUT2D eigenvalue weighted by Crippen LogP contribution is 2.66. The molecule has 0 aromatic heterocycles. The van der Waals surface area contributed by atoms with Crippen molar-refractivity contribution in [2.24, 2.45) is 16.7 Å². The lowest BCUT2D eigenvalue weighted by Gasteiger charge is -2.65. The Morgan fingerprint density at radius 3 is 2.00 bits per heavy atom. The molecule has 4 aliphatic carbocycles. The van der Waals surface area contributed by atoms with E-state index in [1.807, 2.05) is 0 Å². The van der Waals surface area contributed by atoms with Gasteiger partial charge in [-0.15, -0.1) is 0 Å². The van der Waals surface area contributed by atoms with E-state index >= 15 is 0 Å². The summed E-state index contributed by atoms with van der Waals surface area (Å²) in [5.41, 5.74) is 1.95. The van der Waals surface area contributed by atoms with Crippen LogP contribution in [-0.4, -0.2) is 24.2 Å². The largest absolute Gasteiger partial charge is 0.311 e.